The van der Waals surface area contributed by atoms with Crippen LogP contribution in [-0.4, -0.2) is 4.98 Å². The number of aryl methyl sites for hydroxylation is 1. The van der Waals surface area contributed by atoms with Crippen LogP contribution in [0.1, 0.15) is 57.1 Å². The van der Waals surface area contributed by atoms with E-state index in [0.29, 0.717) is 5.92 Å². The van der Waals surface area contributed by atoms with Gasteiger partial charge in [0.2, 0.25) is 0 Å². The number of hydrogen-bond donors (Lipinski definition) is 0. The van der Waals surface area contributed by atoms with Crippen LogP contribution in [0, 0.1) is 5.92 Å². The minimum absolute atomic E-state index is 0.589. The van der Waals surface area contributed by atoms with Crippen molar-refractivity contribution in [3.05, 3.63) is 17.8 Å². The molecule has 2 rings (SSSR count). The molecule has 1 aliphatic rings. The average molecular weight is 193 g/mol. The highest BCUT2D eigenvalue weighted by Crippen LogP contribution is 2.34. The molecule has 14 heavy (non-hydrogen) atoms. The van der Waals surface area contributed by atoms with Gasteiger partial charge in [0.15, 0.2) is 5.89 Å². The normalized spacial score (nSPS) is 27.9. The van der Waals surface area contributed by atoms with Gasteiger partial charge in [0.1, 0.15) is 5.76 Å². The Kier molecular flexibility index (Phi) is 2.90. The molecule has 1 aromatic rings. The first-order chi connectivity index (χ1) is 6.79. The molecule has 0 radical (unpaired) electrons. The Morgan fingerprint density at radius 3 is 2.64 bits per heavy atom. The van der Waals surface area contributed by atoms with E-state index in [1.165, 1.54) is 25.7 Å². The van der Waals surface area contributed by atoms with E-state index in [1.807, 2.05) is 6.20 Å². The Balaban J connectivity index is 2.01. The molecule has 0 N–H and O–H groups in total. The fourth-order valence-electron chi connectivity index (χ4n) is 2.18. The van der Waals surface area contributed by atoms with Gasteiger partial charge in [-0.25, -0.2) is 4.98 Å². The molecule has 0 saturated heterocycles. The lowest BCUT2D eigenvalue weighted by Crippen LogP contribution is -2.10. The Morgan fingerprint density at radius 1 is 1.36 bits per heavy atom. The molecule has 0 atom stereocenters. The van der Waals surface area contributed by atoms with Gasteiger partial charge in [0.25, 0.3) is 0 Å². The maximum Gasteiger partial charge on any atom is 0.197 e. The van der Waals surface area contributed by atoms with Crippen LogP contribution in [0.15, 0.2) is 10.6 Å². The molecule has 2 heteroatoms. The molecule has 1 heterocycles. The summed E-state index contributed by atoms with van der Waals surface area (Å²) in [5.74, 6) is 3.49. The van der Waals surface area contributed by atoms with Gasteiger partial charge in [-0.15, -0.1) is 0 Å². The SMILES string of the molecule is CCc1cnc([C@H]2CC[C@H](C)CC2)o1. The van der Waals surface area contributed by atoms with E-state index in [4.69, 9.17) is 4.42 Å². The molecule has 1 fully saturated rings. The maximum atomic E-state index is 5.70. The fraction of sp³-hybridized carbons (Fsp3) is 0.750. The quantitative estimate of drug-likeness (QED) is 0.718. The molecule has 2 nitrogen and oxygen atoms in total. The van der Waals surface area contributed by atoms with Crippen LogP contribution in [0.25, 0.3) is 0 Å². The topological polar surface area (TPSA) is 26.0 Å². The van der Waals surface area contributed by atoms with Crippen molar-refractivity contribution in [1.82, 2.24) is 4.98 Å². The van der Waals surface area contributed by atoms with Crippen molar-refractivity contribution >= 4 is 0 Å². The number of hydrogen-bond acceptors (Lipinski definition) is 2. The van der Waals surface area contributed by atoms with Crippen LogP contribution >= 0.6 is 0 Å². The van der Waals surface area contributed by atoms with Crippen molar-refractivity contribution in [3.63, 3.8) is 0 Å². The molecule has 1 aromatic heterocycles. The van der Waals surface area contributed by atoms with Gasteiger partial charge in [0.05, 0.1) is 6.20 Å². The largest absolute Gasteiger partial charge is 0.445 e. The van der Waals surface area contributed by atoms with Gasteiger partial charge >= 0.3 is 0 Å². The standard InChI is InChI=1S/C12H19NO/c1-3-11-8-13-12(14-11)10-6-4-9(2)5-7-10/h8-10H,3-7H2,1-2H3/t9-,10-. The Morgan fingerprint density at radius 2 is 2.07 bits per heavy atom. The zero-order chi connectivity index (χ0) is 9.97. The van der Waals surface area contributed by atoms with Crippen molar-refractivity contribution in [1.29, 1.82) is 0 Å². The third-order valence-corrected chi connectivity index (χ3v) is 3.29. The van der Waals surface area contributed by atoms with Gasteiger partial charge in [0, 0.05) is 12.3 Å². The Bertz CT molecular complexity index is 284. The fourth-order valence-corrected chi connectivity index (χ4v) is 2.18. The predicted octanol–water partition coefficient (Wildman–Crippen LogP) is 3.53. The van der Waals surface area contributed by atoms with Crippen LogP contribution in [0.5, 0.6) is 0 Å². The minimum Gasteiger partial charge on any atom is -0.445 e. The van der Waals surface area contributed by atoms with Gasteiger partial charge in [-0.1, -0.05) is 13.8 Å². The molecule has 78 valence electrons. The van der Waals surface area contributed by atoms with E-state index >= 15 is 0 Å². The second-order valence-corrected chi connectivity index (χ2v) is 4.48. The number of nitrogens with zero attached hydrogens (tertiary/aromatic N) is 1. The van der Waals surface area contributed by atoms with E-state index in [2.05, 4.69) is 18.8 Å². The summed E-state index contributed by atoms with van der Waals surface area (Å²) in [4.78, 5) is 4.37. The lowest BCUT2D eigenvalue weighted by Gasteiger charge is -2.23. The second kappa shape index (κ2) is 4.16. The highest BCUT2D eigenvalue weighted by Gasteiger charge is 2.23. The number of rotatable bonds is 2. The van der Waals surface area contributed by atoms with Crippen LogP contribution < -0.4 is 0 Å². The summed E-state index contributed by atoms with van der Waals surface area (Å²) >= 11 is 0. The molecule has 0 aliphatic heterocycles. The Hall–Kier alpha value is -0.790. The molecule has 0 spiro atoms. The number of aromatic nitrogens is 1. The smallest absolute Gasteiger partial charge is 0.197 e. The van der Waals surface area contributed by atoms with Gasteiger partial charge in [-0.05, 0) is 31.6 Å². The Labute approximate surface area is 85.7 Å². The van der Waals surface area contributed by atoms with E-state index in [-0.39, 0.29) is 0 Å². The van der Waals surface area contributed by atoms with Gasteiger partial charge in [-0.2, -0.15) is 0 Å². The van der Waals surface area contributed by atoms with Crippen LogP contribution in [0.3, 0.4) is 0 Å². The summed E-state index contributed by atoms with van der Waals surface area (Å²) in [6.07, 6.45) is 8.00. The highest BCUT2D eigenvalue weighted by atomic mass is 16.4. The van der Waals surface area contributed by atoms with Crippen molar-refractivity contribution in [2.75, 3.05) is 0 Å². The van der Waals surface area contributed by atoms with E-state index < -0.39 is 0 Å². The monoisotopic (exact) mass is 193 g/mol. The minimum atomic E-state index is 0.589. The first-order valence-corrected chi connectivity index (χ1v) is 5.74. The van der Waals surface area contributed by atoms with Gasteiger partial charge < -0.3 is 4.42 Å². The molecule has 0 aromatic carbocycles. The summed E-state index contributed by atoms with van der Waals surface area (Å²) in [6, 6.07) is 0. The zero-order valence-corrected chi connectivity index (χ0v) is 9.12. The second-order valence-electron chi connectivity index (χ2n) is 4.48. The molecule has 1 aliphatic carbocycles. The van der Waals surface area contributed by atoms with E-state index in [9.17, 15) is 0 Å². The van der Waals surface area contributed by atoms with Crippen molar-refractivity contribution < 1.29 is 4.42 Å². The molecular formula is C12H19NO. The molecule has 0 amide bonds. The molecular weight excluding hydrogens is 174 g/mol. The van der Waals surface area contributed by atoms with E-state index in [1.54, 1.807) is 0 Å². The molecule has 0 unspecified atom stereocenters. The molecule has 1 saturated carbocycles. The lowest BCUT2D eigenvalue weighted by atomic mass is 9.83. The summed E-state index contributed by atoms with van der Waals surface area (Å²) in [5.41, 5.74) is 0. The zero-order valence-electron chi connectivity index (χ0n) is 9.12. The summed E-state index contributed by atoms with van der Waals surface area (Å²) < 4.78 is 5.70. The number of oxazole rings is 1. The van der Waals surface area contributed by atoms with Gasteiger partial charge in [-0.3, -0.25) is 0 Å². The summed E-state index contributed by atoms with van der Waals surface area (Å²) in [6.45, 7) is 4.44. The first kappa shape index (κ1) is 9.75. The predicted molar refractivity (Wildman–Crippen MR) is 56.3 cm³/mol. The van der Waals surface area contributed by atoms with Crippen molar-refractivity contribution in [2.45, 2.75) is 51.9 Å². The maximum absolute atomic E-state index is 5.70. The van der Waals surface area contributed by atoms with Crippen LogP contribution in [-0.2, 0) is 6.42 Å². The average Bonchev–Trinajstić information content (AvgIpc) is 2.67. The third-order valence-electron chi connectivity index (χ3n) is 3.29. The van der Waals surface area contributed by atoms with Crippen LogP contribution in [0.2, 0.25) is 0 Å². The van der Waals surface area contributed by atoms with Crippen molar-refractivity contribution in [2.24, 2.45) is 5.92 Å². The van der Waals surface area contributed by atoms with E-state index in [0.717, 1.165) is 24.0 Å². The lowest BCUT2D eigenvalue weighted by molar-refractivity contribution is 0.302. The van der Waals surface area contributed by atoms with Crippen molar-refractivity contribution in [3.8, 4) is 0 Å². The third kappa shape index (κ3) is 1.99. The van der Waals surface area contributed by atoms with Crippen LogP contribution in [0.4, 0.5) is 0 Å². The summed E-state index contributed by atoms with van der Waals surface area (Å²) in [7, 11) is 0. The molecule has 0 bridgehead atoms. The first-order valence-electron chi connectivity index (χ1n) is 5.74. The summed E-state index contributed by atoms with van der Waals surface area (Å²) in [5, 5.41) is 0. The highest BCUT2D eigenvalue weighted by molar-refractivity contribution is 5.00.